The van der Waals surface area contributed by atoms with E-state index in [-0.39, 0.29) is 23.3 Å². The van der Waals surface area contributed by atoms with Crippen molar-refractivity contribution in [3.8, 4) is 0 Å². The molecule has 0 saturated carbocycles. The summed E-state index contributed by atoms with van der Waals surface area (Å²) in [6, 6.07) is 0. The lowest BCUT2D eigenvalue weighted by Crippen LogP contribution is -2.32. The number of amides is 1. The van der Waals surface area contributed by atoms with Gasteiger partial charge in [0.2, 0.25) is 5.91 Å². The molecule has 0 atom stereocenters. The number of H-pyrrole nitrogens is 1. The molecule has 156 valence electrons. The second-order valence-electron chi connectivity index (χ2n) is 9.56. The molecule has 0 aliphatic rings. The Kier molecular flexibility index (Phi) is 7.21. The first-order valence-corrected chi connectivity index (χ1v) is 9.97. The molecule has 0 aliphatic carbocycles. The molecule has 28 heavy (non-hydrogen) atoms. The van der Waals surface area contributed by atoms with E-state index in [4.69, 9.17) is 5.73 Å². The number of nitrogens with two attached hydrogens (primary N) is 1. The largest absolute Gasteiger partial charge is 0.369 e. The topological polar surface area (TPSA) is 115 Å². The maximum absolute atomic E-state index is 12.2. The average molecular weight is 390 g/mol. The van der Waals surface area contributed by atoms with Crippen LogP contribution in [-0.4, -0.2) is 37.4 Å². The molecule has 0 fully saturated rings. The van der Waals surface area contributed by atoms with Crippen LogP contribution in [0, 0.1) is 10.8 Å². The lowest BCUT2D eigenvalue weighted by molar-refractivity contribution is -0.121. The number of aryl methyl sites for hydroxylation is 2. The highest BCUT2D eigenvalue weighted by Gasteiger charge is 2.25. The van der Waals surface area contributed by atoms with Crippen molar-refractivity contribution in [1.82, 2.24) is 30.3 Å². The van der Waals surface area contributed by atoms with E-state index in [1.54, 1.807) is 10.9 Å². The first-order chi connectivity index (χ1) is 13.0. The minimum Gasteiger partial charge on any atom is -0.369 e. The van der Waals surface area contributed by atoms with Gasteiger partial charge in [0.25, 0.3) is 0 Å². The number of nitrogens with one attached hydrogen (secondary N) is 2. The Labute approximate surface area is 167 Å². The smallest absolute Gasteiger partial charge is 0.241 e. The minimum atomic E-state index is -0.0315. The maximum Gasteiger partial charge on any atom is 0.241 e. The summed E-state index contributed by atoms with van der Waals surface area (Å²) in [5, 5.41) is 11.2. The minimum absolute atomic E-state index is 0.0315. The van der Waals surface area contributed by atoms with Gasteiger partial charge in [-0.2, -0.15) is 0 Å². The van der Waals surface area contributed by atoms with Crippen molar-refractivity contribution in [2.75, 3.05) is 12.3 Å². The number of nitrogen functional groups attached to an aromatic ring is 1. The average Bonchev–Trinajstić information content (AvgIpc) is 3.14. The Bertz CT molecular complexity index is 755. The number of carbonyl (C=O) groups excluding carboxylic acids is 1. The van der Waals surface area contributed by atoms with Crippen molar-refractivity contribution in [3.05, 3.63) is 23.8 Å². The summed E-state index contributed by atoms with van der Waals surface area (Å²) < 4.78 is 1.60. The summed E-state index contributed by atoms with van der Waals surface area (Å²) in [6.45, 7) is 12.1. The highest BCUT2D eigenvalue weighted by atomic mass is 16.2. The van der Waals surface area contributed by atoms with E-state index >= 15 is 0 Å². The lowest BCUT2D eigenvalue weighted by Gasteiger charge is -2.32. The van der Waals surface area contributed by atoms with E-state index < -0.39 is 0 Å². The van der Waals surface area contributed by atoms with E-state index in [9.17, 15) is 4.79 Å². The number of nitrogens with zero attached hydrogens (tertiary/aromatic N) is 4. The number of imidazole rings is 1. The number of hydrogen-bond acceptors (Lipinski definition) is 5. The van der Waals surface area contributed by atoms with Crippen LogP contribution in [0.1, 0.15) is 65.3 Å². The molecule has 0 aromatic carbocycles. The Morgan fingerprint density at radius 1 is 1.25 bits per heavy atom. The maximum atomic E-state index is 12.2. The van der Waals surface area contributed by atoms with Crippen LogP contribution in [0.4, 0.5) is 5.95 Å². The molecule has 0 bridgehead atoms. The van der Waals surface area contributed by atoms with Crippen LogP contribution in [0.5, 0.6) is 0 Å². The summed E-state index contributed by atoms with van der Waals surface area (Å²) in [6.07, 6.45) is 8.22. The normalized spacial score (nSPS) is 12.3. The van der Waals surface area contributed by atoms with Gasteiger partial charge in [0.15, 0.2) is 5.95 Å². The molecule has 8 heteroatoms. The second-order valence-corrected chi connectivity index (χ2v) is 9.56. The van der Waals surface area contributed by atoms with Crippen molar-refractivity contribution >= 4 is 11.9 Å². The first kappa shape index (κ1) is 21.9. The molecule has 4 N–H and O–H groups in total. The van der Waals surface area contributed by atoms with Crippen LogP contribution in [0.25, 0.3) is 0 Å². The SMILES string of the molecule is CC(C)(C)CC(C)(C)CCNC(=O)Cn1cc(CCCc2cnc(N)[nH]2)nn1. The lowest BCUT2D eigenvalue weighted by atomic mass is 9.74. The van der Waals surface area contributed by atoms with Gasteiger partial charge < -0.3 is 16.0 Å². The van der Waals surface area contributed by atoms with E-state index in [2.05, 4.69) is 60.2 Å². The molecule has 8 nitrogen and oxygen atoms in total. The molecule has 0 aliphatic heterocycles. The number of hydrogen-bond donors (Lipinski definition) is 3. The highest BCUT2D eigenvalue weighted by molar-refractivity contribution is 5.75. The Hall–Kier alpha value is -2.38. The predicted octanol–water partition coefficient (Wildman–Crippen LogP) is 2.73. The fourth-order valence-corrected chi connectivity index (χ4v) is 3.76. The van der Waals surface area contributed by atoms with Gasteiger partial charge in [0, 0.05) is 18.4 Å². The van der Waals surface area contributed by atoms with Crippen molar-refractivity contribution in [2.45, 2.75) is 73.3 Å². The number of aromatic nitrogens is 5. The van der Waals surface area contributed by atoms with Crippen molar-refractivity contribution < 1.29 is 4.79 Å². The predicted molar refractivity (Wildman–Crippen MR) is 111 cm³/mol. The molecule has 0 saturated heterocycles. The van der Waals surface area contributed by atoms with Gasteiger partial charge in [-0.1, -0.05) is 39.8 Å². The molecule has 2 aromatic rings. The number of carbonyl (C=O) groups is 1. The zero-order valence-electron chi connectivity index (χ0n) is 17.9. The van der Waals surface area contributed by atoms with Crippen LogP contribution in [0.2, 0.25) is 0 Å². The number of rotatable bonds is 10. The Morgan fingerprint density at radius 3 is 2.64 bits per heavy atom. The molecule has 2 heterocycles. The van der Waals surface area contributed by atoms with Gasteiger partial charge in [-0.3, -0.25) is 4.79 Å². The summed E-state index contributed by atoms with van der Waals surface area (Å²) in [5.74, 6) is 0.407. The summed E-state index contributed by atoms with van der Waals surface area (Å²) in [7, 11) is 0. The summed E-state index contributed by atoms with van der Waals surface area (Å²) in [4.78, 5) is 19.2. The van der Waals surface area contributed by atoms with Gasteiger partial charge in [-0.25, -0.2) is 9.67 Å². The van der Waals surface area contributed by atoms with Crippen molar-refractivity contribution in [1.29, 1.82) is 0 Å². The third kappa shape index (κ3) is 8.10. The number of anilines is 1. The molecular formula is C20H35N7O. The van der Waals surface area contributed by atoms with E-state index in [0.29, 0.717) is 12.5 Å². The molecule has 0 unspecified atom stereocenters. The second kappa shape index (κ2) is 9.21. The quantitative estimate of drug-likeness (QED) is 0.578. The van der Waals surface area contributed by atoms with Gasteiger partial charge in [-0.05, 0) is 42.9 Å². The molecule has 1 amide bonds. The zero-order chi connectivity index (χ0) is 20.8. The first-order valence-electron chi connectivity index (χ1n) is 9.97. The standard InChI is InChI=1S/C20H35N7O/c1-19(2,3)14-20(4,5)9-10-22-17(28)13-27-12-16(25-26-27)8-6-7-15-11-23-18(21)24-15/h11-12H,6-10,13-14H2,1-5H3,(H,22,28)(H3,21,23,24). The van der Waals surface area contributed by atoms with Gasteiger partial charge in [0.05, 0.1) is 11.9 Å². The van der Waals surface area contributed by atoms with Crippen LogP contribution in [-0.2, 0) is 24.2 Å². The molecule has 2 aromatic heterocycles. The molecule has 2 rings (SSSR count). The third-order valence-corrected chi connectivity index (χ3v) is 4.55. The number of aromatic amines is 1. The van der Waals surface area contributed by atoms with Gasteiger partial charge in [-0.15, -0.1) is 5.10 Å². The highest BCUT2D eigenvalue weighted by Crippen LogP contribution is 2.35. The van der Waals surface area contributed by atoms with Crippen LogP contribution in [0.15, 0.2) is 12.4 Å². The van der Waals surface area contributed by atoms with Gasteiger partial charge >= 0.3 is 0 Å². The Balaban J connectivity index is 1.68. The van der Waals surface area contributed by atoms with E-state index in [0.717, 1.165) is 43.5 Å². The van der Waals surface area contributed by atoms with E-state index in [1.165, 1.54) is 0 Å². The molecule has 0 spiro atoms. The third-order valence-electron chi connectivity index (χ3n) is 4.55. The van der Waals surface area contributed by atoms with Crippen molar-refractivity contribution in [2.24, 2.45) is 10.8 Å². The summed E-state index contributed by atoms with van der Waals surface area (Å²) in [5.41, 5.74) is 7.95. The van der Waals surface area contributed by atoms with Crippen LogP contribution in [0.3, 0.4) is 0 Å². The molecular weight excluding hydrogens is 354 g/mol. The Morgan fingerprint density at radius 2 is 2.00 bits per heavy atom. The van der Waals surface area contributed by atoms with Crippen molar-refractivity contribution in [3.63, 3.8) is 0 Å². The zero-order valence-corrected chi connectivity index (χ0v) is 17.9. The summed E-state index contributed by atoms with van der Waals surface area (Å²) >= 11 is 0. The van der Waals surface area contributed by atoms with Gasteiger partial charge in [0.1, 0.15) is 6.54 Å². The fourth-order valence-electron chi connectivity index (χ4n) is 3.76. The fraction of sp³-hybridized carbons (Fsp3) is 0.700. The molecule has 0 radical (unpaired) electrons. The van der Waals surface area contributed by atoms with Crippen LogP contribution >= 0.6 is 0 Å². The monoisotopic (exact) mass is 389 g/mol. The van der Waals surface area contributed by atoms with Crippen LogP contribution < -0.4 is 11.1 Å². The van der Waals surface area contributed by atoms with E-state index in [1.807, 2.05) is 6.20 Å².